The fourth-order valence-electron chi connectivity index (χ4n) is 3.76. The molecule has 2 aliphatic carbocycles. The van der Waals surface area contributed by atoms with Gasteiger partial charge in [-0.25, -0.2) is 0 Å². The molecule has 6 nitrogen and oxygen atoms in total. The zero-order valence-corrected chi connectivity index (χ0v) is 11.6. The average Bonchev–Trinajstić information content (AvgIpc) is 3.14. The first-order chi connectivity index (χ1) is 10.6. The van der Waals surface area contributed by atoms with E-state index in [1.807, 2.05) is 12.2 Å². The molecule has 2 amide bonds. The Bertz CT molecular complexity index is 710. The summed E-state index contributed by atoms with van der Waals surface area (Å²) in [6.07, 6.45) is 6.19. The summed E-state index contributed by atoms with van der Waals surface area (Å²) >= 11 is 0. The van der Waals surface area contributed by atoms with Crippen molar-refractivity contribution in [2.45, 2.75) is 6.42 Å². The monoisotopic (exact) mass is 298 g/mol. The van der Waals surface area contributed by atoms with Crippen molar-refractivity contribution in [3.05, 3.63) is 35.9 Å². The summed E-state index contributed by atoms with van der Waals surface area (Å²) in [4.78, 5) is 24.8. The predicted octanol–water partition coefficient (Wildman–Crippen LogP) is 1.24. The van der Waals surface area contributed by atoms with Crippen LogP contribution < -0.4 is 0 Å². The number of phenols is 2. The molecular weight excluding hydrogens is 284 g/mol. The van der Waals surface area contributed by atoms with Crippen molar-refractivity contribution in [1.82, 2.24) is 5.01 Å². The summed E-state index contributed by atoms with van der Waals surface area (Å²) in [7, 11) is 0. The maximum Gasteiger partial charge on any atom is 0.254 e. The van der Waals surface area contributed by atoms with Crippen LogP contribution >= 0.6 is 0 Å². The first kappa shape index (κ1) is 13.1. The molecule has 1 aromatic rings. The molecule has 3 aliphatic rings. The second-order valence-electron chi connectivity index (χ2n) is 5.98. The number of hydrogen-bond acceptors (Lipinski definition) is 5. The van der Waals surface area contributed by atoms with Gasteiger partial charge < -0.3 is 10.2 Å². The second-order valence-corrected chi connectivity index (χ2v) is 5.98. The molecule has 1 aromatic carbocycles. The van der Waals surface area contributed by atoms with E-state index in [1.54, 1.807) is 0 Å². The van der Waals surface area contributed by atoms with E-state index in [9.17, 15) is 19.8 Å². The van der Waals surface area contributed by atoms with Crippen LogP contribution in [0.4, 0.5) is 0 Å². The van der Waals surface area contributed by atoms with Gasteiger partial charge in [0.1, 0.15) is 11.5 Å². The highest BCUT2D eigenvalue weighted by molar-refractivity contribution is 6.06. The molecule has 2 N–H and O–H groups in total. The van der Waals surface area contributed by atoms with Gasteiger partial charge in [0.15, 0.2) is 0 Å². The van der Waals surface area contributed by atoms with Crippen LogP contribution in [0.2, 0.25) is 0 Å². The minimum atomic E-state index is -0.284. The minimum Gasteiger partial charge on any atom is -0.508 e. The lowest BCUT2D eigenvalue weighted by Gasteiger charge is -2.13. The highest BCUT2D eigenvalue weighted by atomic mass is 16.3. The summed E-state index contributed by atoms with van der Waals surface area (Å²) < 4.78 is 0. The third-order valence-electron chi connectivity index (χ3n) is 4.77. The molecule has 112 valence electrons. The Balaban J connectivity index is 1.60. The number of hydrazone groups is 1. The number of hydrogen-bond donors (Lipinski definition) is 2. The van der Waals surface area contributed by atoms with Crippen molar-refractivity contribution in [3.63, 3.8) is 0 Å². The lowest BCUT2D eigenvalue weighted by atomic mass is 9.85. The summed E-state index contributed by atoms with van der Waals surface area (Å²) in [6, 6.07) is 4.03. The highest BCUT2D eigenvalue weighted by Crippen LogP contribution is 2.52. The van der Waals surface area contributed by atoms with Crippen LogP contribution in [-0.4, -0.2) is 33.3 Å². The van der Waals surface area contributed by atoms with Crippen LogP contribution in [-0.2, 0) is 9.59 Å². The molecule has 4 rings (SSSR count). The van der Waals surface area contributed by atoms with Crippen molar-refractivity contribution in [1.29, 1.82) is 0 Å². The Kier molecular flexibility index (Phi) is 2.63. The Morgan fingerprint density at radius 1 is 1.09 bits per heavy atom. The maximum atomic E-state index is 12.4. The van der Waals surface area contributed by atoms with E-state index in [1.165, 1.54) is 24.4 Å². The lowest BCUT2D eigenvalue weighted by Crippen LogP contribution is -2.28. The van der Waals surface area contributed by atoms with E-state index < -0.39 is 0 Å². The first-order valence-corrected chi connectivity index (χ1v) is 7.18. The van der Waals surface area contributed by atoms with E-state index in [-0.39, 0.29) is 47.0 Å². The van der Waals surface area contributed by atoms with E-state index in [4.69, 9.17) is 0 Å². The van der Waals surface area contributed by atoms with Crippen LogP contribution in [0.15, 0.2) is 35.5 Å². The van der Waals surface area contributed by atoms with E-state index in [0.29, 0.717) is 5.56 Å². The summed E-state index contributed by atoms with van der Waals surface area (Å²) in [5, 5.41) is 23.8. The second kappa shape index (κ2) is 4.43. The van der Waals surface area contributed by atoms with Crippen LogP contribution in [0.25, 0.3) is 0 Å². The van der Waals surface area contributed by atoms with Crippen molar-refractivity contribution in [3.8, 4) is 11.5 Å². The van der Waals surface area contributed by atoms with Gasteiger partial charge >= 0.3 is 0 Å². The fraction of sp³-hybridized carbons (Fsp3) is 0.312. The highest BCUT2D eigenvalue weighted by Gasteiger charge is 2.59. The summed E-state index contributed by atoms with van der Waals surface area (Å²) in [5.41, 5.74) is 0.330. The van der Waals surface area contributed by atoms with Crippen molar-refractivity contribution >= 4 is 18.0 Å². The number of allylic oxidation sites excluding steroid dienone is 2. The molecule has 6 heteroatoms. The van der Waals surface area contributed by atoms with Crippen LogP contribution in [0.5, 0.6) is 11.5 Å². The quantitative estimate of drug-likeness (QED) is 0.488. The van der Waals surface area contributed by atoms with E-state index >= 15 is 0 Å². The van der Waals surface area contributed by atoms with E-state index in [2.05, 4.69) is 5.10 Å². The van der Waals surface area contributed by atoms with Crippen molar-refractivity contribution < 1.29 is 19.8 Å². The molecule has 22 heavy (non-hydrogen) atoms. The van der Waals surface area contributed by atoms with E-state index in [0.717, 1.165) is 11.4 Å². The Morgan fingerprint density at radius 3 is 2.32 bits per heavy atom. The van der Waals surface area contributed by atoms with Gasteiger partial charge in [-0.15, -0.1) is 0 Å². The zero-order chi connectivity index (χ0) is 15.4. The van der Waals surface area contributed by atoms with Gasteiger partial charge in [0.2, 0.25) is 0 Å². The number of carbonyl (C=O) groups excluding carboxylic acids is 2. The molecule has 4 atom stereocenters. The number of fused-ring (bicyclic) bond motifs is 5. The zero-order valence-electron chi connectivity index (χ0n) is 11.6. The SMILES string of the molecule is O=C1[C@@H]2[C@H](C(=O)N1/N=C\c1ccc(O)cc1O)[C@H]1C=C[C@H]2C1. The fourth-order valence-corrected chi connectivity index (χ4v) is 3.76. The molecule has 1 saturated heterocycles. The van der Waals surface area contributed by atoms with Gasteiger partial charge in [-0.3, -0.25) is 9.59 Å². The normalized spacial score (nSPS) is 32.5. The van der Waals surface area contributed by atoms with Gasteiger partial charge in [0.05, 0.1) is 18.1 Å². The smallest absolute Gasteiger partial charge is 0.254 e. The number of imide groups is 1. The van der Waals surface area contributed by atoms with Gasteiger partial charge in [-0.2, -0.15) is 10.1 Å². The molecule has 0 unspecified atom stereocenters. The van der Waals surface area contributed by atoms with Gasteiger partial charge in [-0.1, -0.05) is 12.2 Å². The number of phenolic OH excluding ortho intramolecular Hbond substituents is 2. The number of aromatic hydroxyl groups is 2. The number of nitrogens with zero attached hydrogens (tertiary/aromatic N) is 2. The third kappa shape index (κ3) is 1.70. The Hall–Kier alpha value is -2.63. The van der Waals surface area contributed by atoms with Gasteiger partial charge in [0, 0.05) is 11.6 Å². The van der Waals surface area contributed by atoms with Gasteiger partial charge in [-0.05, 0) is 30.4 Å². The van der Waals surface area contributed by atoms with Crippen molar-refractivity contribution in [2.24, 2.45) is 28.8 Å². The molecule has 1 saturated carbocycles. The minimum absolute atomic E-state index is 0.0693. The van der Waals surface area contributed by atoms with Crippen LogP contribution in [0.1, 0.15) is 12.0 Å². The largest absolute Gasteiger partial charge is 0.508 e. The summed E-state index contributed by atoms with van der Waals surface area (Å²) in [5.74, 6) is -1.03. The maximum absolute atomic E-state index is 12.4. The number of benzene rings is 1. The number of amides is 2. The first-order valence-electron chi connectivity index (χ1n) is 7.18. The third-order valence-corrected chi connectivity index (χ3v) is 4.77. The topological polar surface area (TPSA) is 90.2 Å². The average molecular weight is 298 g/mol. The standard InChI is InChI=1S/C16H14N2O4/c19-11-4-3-10(12(20)6-11)7-17-18-15(21)13-8-1-2-9(5-8)14(13)16(18)22/h1-4,6-9,13-14,19-20H,5H2/b17-7-/t8-,9-,13-,14+/m0/s1. The van der Waals surface area contributed by atoms with Crippen LogP contribution in [0.3, 0.4) is 0 Å². The molecule has 2 fully saturated rings. The lowest BCUT2D eigenvalue weighted by molar-refractivity contribution is -0.140. The summed E-state index contributed by atoms with van der Waals surface area (Å²) in [6.45, 7) is 0. The molecule has 0 spiro atoms. The number of rotatable bonds is 2. The van der Waals surface area contributed by atoms with Gasteiger partial charge in [0.25, 0.3) is 11.8 Å². The Morgan fingerprint density at radius 2 is 1.73 bits per heavy atom. The van der Waals surface area contributed by atoms with Crippen LogP contribution in [0, 0.1) is 23.7 Å². The Labute approximate surface area is 126 Å². The molecule has 0 aromatic heterocycles. The van der Waals surface area contributed by atoms with Crippen molar-refractivity contribution in [2.75, 3.05) is 0 Å². The molecular formula is C16H14N2O4. The molecule has 1 aliphatic heterocycles. The number of carbonyl (C=O) groups is 2. The predicted molar refractivity (Wildman–Crippen MR) is 76.9 cm³/mol. The molecule has 2 bridgehead atoms. The molecule has 1 heterocycles. The molecule has 0 radical (unpaired) electrons.